The molecule has 0 bridgehead atoms. The average Bonchev–Trinajstić information content (AvgIpc) is 3.20. The van der Waals surface area contributed by atoms with Gasteiger partial charge in [-0.25, -0.2) is 0 Å². The van der Waals surface area contributed by atoms with Crippen LogP contribution in [0.15, 0.2) is 38.6 Å². The maximum Gasteiger partial charge on any atom is 0.288 e. The largest absolute Gasteiger partial charge is 0.457 e. The third-order valence-corrected chi connectivity index (χ3v) is 5.56. The van der Waals surface area contributed by atoms with Crippen molar-refractivity contribution in [3.8, 4) is 11.3 Å². The number of halogens is 2. The third-order valence-electron chi connectivity index (χ3n) is 3.90. The number of nitro groups is 1. The number of rotatable bonds is 5. The molecule has 146 valence electrons. The highest BCUT2D eigenvalue weighted by molar-refractivity contribution is 8.18. The molecule has 1 aromatic heterocycles. The molecule has 28 heavy (non-hydrogen) atoms. The monoisotopic (exact) mass is 439 g/mol. The van der Waals surface area contributed by atoms with Crippen LogP contribution in [0.4, 0.5) is 5.69 Å². The molecular weight excluding hydrogens is 425 g/mol. The van der Waals surface area contributed by atoms with Gasteiger partial charge in [0.2, 0.25) is 0 Å². The van der Waals surface area contributed by atoms with Crippen LogP contribution in [0.2, 0.25) is 10.0 Å². The second-order valence-corrected chi connectivity index (χ2v) is 7.48. The molecule has 2 heterocycles. The van der Waals surface area contributed by atoms with Gasteiger partial charge in [0.1, 0.15) is 16.5 Å². The molecule has 1 aliphatic rings. The maximum atomic E-state index is 12.5. The summed E-state index contributed by atoms with van der Waals surface area (Å²) >= 11 is 13.3. The van der Waals surface area contributed by atoms with Crippen molar-refractivity contribution in [1.29, 1.82) is 0 Å². The van der Waals surface area contributed by atoms with Crippen LogP contribution in [0.5, 0.6) is 0 Å². The minimum absolute atomic E-state index is 0.0528. The lowest BCUT2D eigenvalue weighted by Gasteiger charge is -2.11. The van der Waals surface area contributed by atoms with Crippen LogP contribution in [0, 0.1) is 10.1 Å². The lowest BCUT2D eigenvalue weighted by atomic mass is 10.1. The minimum Gasteiger partial charge on any atom is -0.457 e. The van der Waals surface area contributed by atoms with E-state index >= 15 is 0 Å². The molecule has 0 spiro atoms. The number of benzene rings is 1. The first-order valence-electron chi connectivity index (χ1n) is 8.35. The average molecular weight is 440 g/mol. The van der Waals surface area contributed by atoms with Gasteiger partial charge >= 0.3 is 0 Å². The zero-order valence-electron chi connectivity index (χ0n) is 14.9. The lowest BCUT2D eigenvalue weighted by Crippen LogP contribution is -2.28. The number of hydrogen-bond donors (Lipinski definition) is 0. The molecule has 1 saturated heterocycles. The number of thioether (sulfide) groups is 1. The molecule has 0 N–H and O–H groups in total. The van der Waals surface area contributed by atoms with Crippen molar-refractivity contribution in [2.24, 2.45) is 4.99 Å². The van der Waals surface area contributed by atoms with Crippen molar-refractivity contribution in [1.82, 2.24) is 4.90 Å². The van der Waals surface area contributed by atoms with E-state index in [0.717, 1.165) is 0 Å². The summed E-state index contributed by atoms with van der Waals surface area (Å²) in [7, 11) is 0. The van der Waals surface area contributed by atoms with E-state index in [9.17, 15) is 14.9 Å². The van der Waals surface area contributed by atoms with Crippen molar-refractivity contribution in [2.75, 3.05) is 13.1 Å². The molecule has 1 aromatic carbocycles. The zero-order valence-corrected chi connectivity index (χ0v) is 17.3. The van der Waals surface area contributed by atoms with E-state index in [0.29, 0.717) is 40.2 Å². The van der Waals surface area contributed by atoms with Crippen LogP contribution >= 0.6 is 35.0 Å². The van der Waals surface area contributed by atoms with Gasteiger partial charge in [-0.15, -0.1) is 0 Å². The fraction of sp³-hybridized carbons (Fsp3) is 0.222. The smallest absolute Gasteiger partial charge is 0.288 e. The molecular formula is C18H15Cl2N3O4S. The van der Waals surface area contributed by atoms with Gasteiger partial charge in [0, 0.05) is 30.8 Å². The van der Waals surface area contributed by atoms with Gasteiger partial charge in [0.15, 0.2) is 5.17 Å². The number of aliphatic imine (C=N–C) groups is 1. The van der Waals surface area contributed by atoms with Crippen molar-refractivity contribution < 1.29 is 14.1 Å². The summed E-state index contributed by atoms with van der Waals surface area (Å²) in [6.07, 6.45) is 1.62. The molecule has 2 aromatic rings. The summed E-state index contributed by atoms with van der Waals surface area (Å²) in [5.74, 6) is 0.619. The van der Waals surface area contributed by atoms with E-state index < -0.39 is 4.92 Å². The Labute approximate surface area is 175 Å². The Morgan fingerprint density at radius 2 is 2.04 bits per heavy atom. The van der Waals surface area contributed by atoms with Gasteiger partial charge in [-0.1, -0.05) is 23.2 Å². The SMILES string of the molecule is CCN=C1S/C(=C\c2ccc(-c3cc([N+](=O)[O-])c(Cl)cc3Cl)o2)C(=O)N1CC. The number of furan rings is 1. The first-order valence-corrected chi connectivity index (χ1v) is 9.92. The molecule has 0 saturated carbocycles. The van der Waals surface area contributed by atoms with Gasteiger partial charge < -0.3 is 4.42 Å². The fourth-order valence-corrected chi connectivity index (χ4v) is 4.24. The standard InChI is InChI=1S/C18H15Cl2N3O4S/c1-3-21-18-22(4-2)17(24)16(28-18)7-10-5-6-15(27-10)11-8-14(23(25)26)13(20)9-12(11)19/h5-9H,3-4H2,1-2H3/b16-7-,21-18?. The molecule has 10 heteroatoms. The second kappa shape index (κ2) is 8.38. The molecule has 7 nitrogen and oxygen atoms in total. The summed E-state index contributed by atoms with van der Waals surface area (Å²) in [5.41, 5.74) is 0.0779. The highest BCUT2D eigenvalue weighted by Gasteiger charge is 2.32. The Bertz CT molecular complexity index is 1020. The summed E-state index contributed by atoms with van der Waals surface area (Å²) < 4.78 is 5.75. The van der Waals surface area contributed by atoms with Crippen molar-refractivity contribution in [3.05, 3.63) is 55.1 Å². The van der Waals surface area contributed by atoms with E-state index in [4.69, 9.17) is 27.6 Å². The minimum atomic E-state index is -0.588. The maximum absolute atomic E-state index is 12.5. The molecule has 0 unspecified atom stereocenters. The van der Waals surface area contributed by atoms with Crippen LogP contribution in [0.25, 0.3) is 17.4 Å². The number of amides is 1. The van der Waals surface area contributed by atoms with Crippen LogP contribution in [-0.4, -0.2) is 34.0 Å². The highest BCUT2D eigenvalue weighted by Crippen LogP contribution is 2.38. The van der Waals surface area contributed by atoms with Crippen LogP contribution in [0.1, 0.15) is 19.6 Å². The van der Waals surface area contributed by atoms with E-state index in [1.54, 1.807) is 23.1 Å². The molecule has 0 radical (unpaired) electrons. The molecule has 3 rings (SSSR count). The van der Waals surface area contributed by atoms with E-state index in [1.807, 2.05) is 13.8 Å². The van der Waals surface area contributed by atoms with E-state index in [2.05, 4.69) is 4.99 Å². The fourth-order valence-electron chi connectivity index (χ4n) is 2.61. The predicted octanol–water partition coefficient (Wildman–Crippen LogP) is 5.47. The lowest BCUT2D eigenvalue weighted by molar-refractivity contribution is -0.384. The first-order chi connectivity index (χ1) is 13.3. The summed E-state index contributed by atoms with van der Waals surface area (Å²) in [4.78, 5) is 29.5. The van der Waals surface area contributed by atoms with E-state index in [-0.39, 0.29) is 21.6 Å². The Kier molecular flexibility index (Phi) is 6.12. The van der Waals surface area contributed by atoms with Crippen molar-refractivity contribution in [2.45, 2.75) is 13.8 Å². The predicted molar refractivity (Wildman–Crippen MR) is 112 cm³/mol. The number of likely N-dealkylation sites (N-methyl/N-ethyl adjacent to an activating group) is 1. The molecule has 1 fully saturated rings. The van der Waals surface area contributed by atoms with Gasteiger partial charge in [0.05, 0.1) is 14.9 Å². The topological polar surface area (TPSA) is 89.0 Å². The van der Waals surface area contributed by atoms with Crippen LogP contribution < -0.4 is 0 Å². The van der Waals surface area contributed by atoms with Crippen molar-refractivity contribution >= 4 is 57.8 Å². The number of amidine groups is 1. The van der Waals surface area contributed by atoms with Gasteiger partial charge in [-0.05, 0) is 43.8 Å². The van der Waals surface area contributed by atoms with Gasteiger partial charge in [-0.2, -0.15) is 0 Å². The molecule has 0 aliphatic carbocycles. The normalized spacial score (nSPS) is 17.1. The van der Waals surface area contributed by atoms with Gasteiger partial charge in [0.25, 0.3) is 11.6 Å². The summed E-state index contributed by atoms with van der Waals surface area (Å²) in [6.45, 7) is 4.89. The molecule has 1 amide bonds. The third kappa shape index (κ3) is 3.94. The quantitative estimate of drug-likeness (QED) is 0.349. The summed E-state index contributed by atoms with van der Waals surface area (Å²) in [6, 6.07) is 5.87. The Hall–Kier alpha value is -2.29. The molecule has 1 aliphatic heterocycles. The number of nitrogens with zero attached hydrogens (tertiary/aromatic N) is 3. The number of hydrogen-bond acceptors (Lipinski definition) is 6. The Morgan fingerprint density at radius 1 is 1.29 bits per heavy atom. The van der Waals surface area contributed by atoms with E-state index in [1.165, 1.54) is 23.9 Å². The second-order valence-electron chi connectivity index (χ2n) is 5.66. The molecule has 0 atom stereocenters. The van der Waals surface area contributed by atoms with Crippen molar-refractivity contribution in [3.63, 3.8) is 0 Å². The number of carbonyl (C=O) groups is 1. The number of carbonyl (C=O) groups excluding carboxylic acids is 1. The zero-order chi connectivity index (χ0) is 20.4. The Morgan fingerprint density at radius 3 is 2.68 bits per heavy atom. The van der Waals surface area contributed by atoms with Crippen LogP contribution in [0.3, 0.4) is 0 Å². The van der Waals surface area contributed by atoms with Gasteiger partial charge in [-0.3, -0.25) is 24.8 Å². The Balaban J connectivity index is 1.95. The number of nitro benzene ring substituents is 1. The van der Waals surface area contributed by atoms with Crippen LogP contribution in [-0.2, 0) is 4.79 Å². The first kappa shape index (κ1) is 20.4. The summed E-state index contributed by atoms with van der Waals surface area (Å²) in [5, 5.41) is 11.9. The highest BCUT2D eigenvalue weighted by atomic mass is 35.5.